The van der Waals surface area contributed by atoms with Crippen LogP contribution in [0.25, 0.3) is 0 Å². The van der Waals surface area contributed by atoms with Gasteiger partial charge in [0.1, 0.15) is 0 Å². The van der Waals surface area contributed by atoms with Gasteiger partial charge >= 0.3 is 5.97 Å². The highest BCUT2D eigenvalue weighted by Crippen LogP contribution is 2.09. The number of carbonyl (C=O) groups is 1. The number of halogens is 1. The first kappa shape index (κ1) is 10.8. The Bertz CT molecular complexity index is 366. The smallest absolute Gasteiger partial charge is 0.339 e. The second kappa shape index (κ2) is 5.46. The van der Waals surface area contributed by atoms with E-state index < -0.39 is 0 Å². The summed E-state index contributed by atoms with van der Waals surface area (Å²) in [5, 5.41) is 0.712. The fourth-order valence-corrected chi connectivity index (χ4v) is 1.32. The number of ether oxygens (including phenoxy) is 1. The number of rotatable bonds is 3. The predicted octanol–water partition coefficient (Wildman–Crippen LogP) is 2.37. The highest BCUT2D eigenvalue weighted by atomic mass is 79.9. The van der Waals surface area contributed by atoms with Gasteiger partial charge in [0.25, 0.3) is 0 Å². The third-order valence-electron chi connectivity index (χ3n) is 1.60. The van der Waals surface area contributed by atoms with Crippen molar-refractivity contribution in [1.82, 2.24) is 0 Å². The van der Waals surface area contributed by atoms with Gasteiger partial charge in [-0.05, 0) is 17.7 Å². The molecule has 3 heteroatoms. The Balaban J connectivity index is 2.75. The standard InChI is InChI=1S/C11H9BrO2/c1-2-6-14-11(13)10-5-3-4-9(7-10)8-12/h1,3-5,7H,6,8H2. The molecule has 0 amide bonds. The van der Waals surface area contributed by atoms with Crippen LogP contribution in [0.1, 0.15) is 15.9 Å². The molecule has 0 aliphatic carbocycles. The first-order valence-electron chi connectivity index (χ1n) is 4.03. The minimum Gasteiger partial charge on any atom is -0.449 e. The summed E-state index contributed by atoms with van der Waals surface area (Å²) in [7, 11) is 0. The second-order valence-corrected chi connectivity index (χ2v) is 3.17. The number of carbonyl (C=O) groups excluding carboxylic acids is 1. The maximum absolute atomic E-state index is 11.3. The Kier molecular flexibility index (Phi) is 4.21. The van der Waals surface area contributed by atoms with Gasteiger partial charge in [-0.1, -0.05) is 34.0 Å². The lowest BCUT2D eigenvalue weighted by Gasteiger charge is -2.02. The summed E-state index contributed by atoms with van der Waals surface area (Å²) in [6.07, 6.45) is 4.98. The molecule has 0 heterocycles. The molecular weight excluding hydrogens is 244 g/mol. The molecule has 1 aromatic rings. The van der Waals surface area contributed by atoms with Crippen LogP contribution in [0.4, 0.5) is 0 Å². The lowest BCUT2D eigenvalue weighted by Crippen LogP contribution is -2.05. The van der Waals surface area contributed by atoms with Crippen molar-refractivity contribution in [3.05, 3.63) is 35.4 Å². The zero-order valence-electron chi connectivity index (χ0n) is 7.50. The van der Waals surface area contributed by atoms with Crippen molar-refractivity contribution in [2.24, 2.45) is 0 Å². The average molecular weight is 253 g/mol. The van der Waals surface area contributed by atoms with E-state index in [1.165, 1.54) is 0 Å². The molecule has 0 N–H and O–H groups in total. The second-order valence-electron chi connectivity index (χ2n) is 2.61. The molecule has 0 saturated carbocycles. The van der Waals surface area contributed by atoms with Crippen molar-refractivity contribution in [3.8, 4) is 12.3 Å². The summed E-state index contributed by atoms with van der Waals surface area (Å²) in [6, 6.07) is 7.20. The summed E-state index contributed by atoms with van der Waals surface area (Å²) >= 11 is 3.31. The molecule has 0 aromatic heterocycles. The number of alkyl halides is 1. The van der Waals surface area contributed by atoms with Gasteiger partial charge in [-0.15, -0.1) is 6.42 Å². The van der Waals surface area contributed by atoms with Gasteiger partial charge in [-0.2, -0.15) is 0 Å². The number of terminal acetylenes is 1. The van der Waals surface area contributed by atoms with Crippen LogP contribution < -0.4 is 0 Å². The van der Waals surface area contributed by atoms with Crippen LogP contribution in [0.3, 0.4) is 0 Å². The predicted molar refractivity (Wildman–Crippen MR) is 58.2 cm³/mol. The van der Waals surface area contributed by atoms with E-state index in [0.717, 1.165) is 5.56 Å². The quantitative estimate of drug-likeness (QED) is 0.469. The molecule has 0 saturated heterocycles. The Morgan fingerprint density at radius 1 is 1.57 bits per heavy atom. The highest BCUT2D eigenvalue weighted by molar-refractivity contribution is 9.08. The number of hydrogen-bond acceptors (Lipinski definition) is 2. The minimum absolute atomic E-state index is 0.0113. The van der Waals surface area contributed by atoms with Crippen LogP contribution in [0.2, 0.25) is 0 Å². The Labute approximate surface area is 91.4 Å². The van der Waals surface area contributed by atoms with Crippen molar-refractivity contribution in [2.45, 2.75) is 5.33 Å². The molecule has 14 heavy (non-hydrogen) atoms. The molecule has 0 radical (unpaired) electrons. The van der Waals surface area contributed by atoms with Gasteiger partial charge in [0.05, 0.1) is 5.56 Å². The van der Waals surface area contributed by atoms with Crippen LogP contribution in [0.5, 0.6) is 0 Å². The van der Waals surface area contributed by atoms with E-state index in [1.807, 2.05) is 12.1 Å². The van der Waals surface area contributed by atoms with Gasteiger partial charge in [0.15, 0.2) is 6.61 Å². The molecule has 1 aromatic carbocycles. The summed E-state index contributed by atoms with van der Waals surface area (Å²) in [6.45, 7) is 0.0113. The normalized spacial score (nSPS) is 9.14. The maximum atomic E-state index is 11.3. The molecule has 0 unspecified atom stereocenters. The van der Waals surface area contributed by atoms with Gasteiger partial charge in [-0.25, -0.2) is 4.79 Å². The maximum Gasteiger partial charge on any atom is 0.339 e. The lowest BCUT2D eigenvalue weighted by atomic mass is 10.1. The summed E-state index contributed by atoms with van der Waals surface area (Å²) in [5.74, 6) is 1.86. The van der Waals surface area contributed by atoms with E-state index in [1.54, 1.807) is 12.1 Å². The lowest BCUT2D eigenvalue weighted by molar-refractivity contribution is 0.0556. The van der Waals surface area contributed by atoms with E-state index in [0.29, 0.717) is 10.9 Å². The Morgan fingerprint density at radius 3 is 3.00 bits per heavy atom. The average Bonchev–Trinajstić information content (AvgIpc) is 2.26. The number of hydrogen-bond donors (Lipinski definition) is 0. The van der Waals surface area contributed by atoms with Crippen molar-refractivity contribution in [2.75, 3.05) is 6.61 Å². The van der Waals surface area contributed by atoms with Crippen LogP contribution in [0.15, 0.2) is 24.3 Å². The third kappa shape index (κ3) is 2.90. The van der Waals surface area contributed by atoms with Gasteiger partial charge < -0.3 is 4.74 Å². The molecule has 0 atom stereocenters. The zero-order valence-corrected chi connectivity index (χ0v) is 9.08. The van der Waals surface area contributed by atoms with Crippen LogP contribution in [-0.4, -0.2) is 12.6 Å². The van der Waals surface area contributed by atoms with Crippen molar-refractivity contribution in [3.63, 3.8) is 0 Å². The molecule has 0 aliphatic rings. The molecule has 2 nitrogen and oxygen atoms in total. The summed E-state index contributed by atoms with van der Waals surface area (Å²) in [5.41, 5.74) is 1.55. The summed E-state index contributed by atoms with van der Waals surface area (Å²) < 4.78 is 4.79. The highest BCUT2D eigenvalue weighted by Gasteiger charge is 2.05. The third-order valence-corrected chi connectivity index (χ3v) is 2.25. The first-order chi connectivity index (χ1) is 6.77. The molecule has 0 spiro atoms. The topological polar surface area (TPSA) is 26.3 Å². The van der Waals surface area contributed by atoms with E-state index in [9.17, 15) is 4.79 Å². The fourth-order valence-electron chi connectivity index (χ4n) is 0.972. The van der Waals surface area contributed by atoms with Crippen molar-refractivity contribution in [1.29, 1.82) is 0 Å². The van der Waals surface area contributed by atoms with Crippen LogP contribution in [0, 0.1) is 12.3 Å². The molecular formula is C11H9BrO2. The molecule has 0 bridgehead atoms. The zero-order chi connectivity index (χ0) is 10.4. The minimum atomic E-state index is -0.384. The molecule has 0 fully saturated rings. The molecule has 1 rings (SSSR count). The SMILES string of the molecule is C#CCOC(=O)c1cccc(CBr)c1. The van der Waals surface area contributed by atoms with E-state index in [2.05, 4.69) is 21.9 Å². The number of benzene rings is 1. The first-order valence-corrected chi connectivity index (χ1v) is 5.15. The van der Waals surface area contributed by atoms with Crippen LogP contribution >= 0.6 is 15.9 Å². The Hall–Kier alpha value is -1.27. The monoisotopic (exact) mass is 252 g/mol. The summed E-state index contributed by atoms with van der Waals surface area (Å²) in [4.78, 5) is 11.3. The van der Waals surface area contributed by atoms with E-state index in [-0.39, 0.29) is 12.6 Å². The fraction of sp³-hybridized carbons (Fsp3) is 0.182. The van der Waals surface area contributed by atoms with E-state index >= 15 is 0 Å². The van der Waals surface area contributed by atoms with Crippen molar-refractivity contribution >= 4 is 21.9 Å². The molecule has 72 valence electrons. The molecule has 0 aliphatic heterocycles. The van der Waals surface area contributed by atoms with Crippen molar-refractivity contribution < 1.29 is 9.53 Å². The number of esters is 1. The Morgan fingerprint density at radius 2 is 2.36 bits per heavy atom. The largest absolute Gasteiger partial charge is 0.449 e. The van der Waals surface area contributed by atoms with Crippen LogP contribution in [-0.2, 0) is 10.1 Å². The van der Waals surface area contributed by atoms with Gasteiger partial charge in [0.2, 0.25) is 0 Å². The van der Waals surface area contributed by atoms with E-state index in [4.69, 9.17) is 11.2 Å². The van der Waals surface area contributed by atoms with Gasteiger partial charge in [0, 0.05) is 5.33 Å². The van der Waals surface area contributed by atoms with Gasteiger partial charge in [-0.3, -0.25) is 0 Å².